The maximum Gasteiger partial charge on any atom is 0.285 e. The predicted molar refractivity (Wildman–Crippen MR) is 290 cm³/mol. The molecule has 4 N–H and O–H groups in total. The molecular formula is C50H59Cl5N10O8. The highest BCUT2D eigenvalue weighted by Crippen LogP contribution is 2.30. The molecule has 2 amide bonds. The van der Waals surface area contributed by atoms with Crippen LogP contribution >= 0.6 is 60.4 Å². The quantitative estimate of drug-likeness (QED) is 0.0701. The van der Waals surface area contributed by atoms with Gasteiger partial charge in [-0.15, -0.1) is 37.2 Å². The number of hydrogen-bond acceptors (Lipinski definition) is 14. The van der Waals surface area contributed by atoms with Gasteiger partial charge < -0.3 is 39.4 Å². The summed E-state index contributed by atoms with van der Waals surface area (Å²) in [5, 5.41) is 18.3. The highest BCUT2D eigenvalue weighted by Gasteiger charge is 2.24. The average molecular weight is 1110 g/mol. The number of aromatic nitrogens is 4. The molecule has 73 heavy (non-hydrogen) atoms. The van der Waals surface area contributed by atoms with Crippen molar-refractivity contribution in [2.45, 2.75) is 26.2 Å². The second kappa shape index (κ2) is 30.1. The Kier molecular flexibility index (Phi) is 24.4. The van der Waals surface area contributed by atoms with E-state index >= 15 is 0 Å². The van der Waals surface area contributed by atoms with E-state index in [1.54, 1.807) is 38.5 Å². The van der Waals surface area contributed by atoms with Gasteiger partial charge in [-0.25, -0.2) is 10.2 Å². The number of piperazine rings is 2. The first-order valence-corrected chi connectivity index (χ1v) is 23.4. The Labute approximate surface area is 451 Å². The summed E-state index contributed by atoms with van der Waals surface area (Å²) >= 11 is 12.0. The Morgan fingerprint density at radius 1 is 0.534 bits per heavy atom. The van der Waals surface area contributed by atoms with Gasteiger partial charge in [-0.2, -0.15) is 10.2 Å². The Hall–Kier alpha value is -6.25. The standard InChI is InChI=1S/2C25H28ClN5O4.3ClH/c2*1-34-21-8-7-19(14-27-20-15-28-29-25(33)24(20)26)13-22(21)35-17-23(32)31-11-9-30(10-12-31)16-18-5-3-2-4-6-18;;;/h2*2-8,13,15H,9-12,14,16-17H2,1H3,(H2,27,29,33);3*1H. The number of methoxy groups -OCH3 is 2. The third-order valence-corrected chi connectivity index (χ3v) is 12.4. The van der Waals surface area contributed by atoms with Crippen molar-refractivity contribution >= 4 is 83.6 Å². The molecule has 0 spiro atoms. The largest absolute Gasteiger partial charge is 0.493 e. The van der Waals surface area contributed by atoms with Gasteiger partial charge in [0.25, 0.3) is 22.9 Å². The minimum atomic E-state index is -0.463. The van der Waals surface area contributed by atoms with E-state index in [-0.39, 0.29) is 72.3 Å². The first kappa shape index (κ1) is 59.3. The van der Waals surface area contributed by atoms with Crippen LogP contribution < -0.4 is 40.7 Å². The zero-order chi connectivity index (χ0) is 49.2. The molecule has 392 valence electrons. The number of amides is 2. The number of halogens is 5. The molecule has 6 aromatic rings. The maximum atomic E-state index is 12.8. The van der Waals surface area contributed by atoms with Crippen molar-refractivity contribution in [2.24, 2.45) is 0 Å². The Morgan fingerprint density at radius 3 is 1.26 bits per heavy atom. The third-order valence-electron chi connectivity index (χ3n) is 11.7. The molecule has 2 aromatic heterocycles. The molecule has 4 heterocycles. The molecule has 23 heteroatoms. The molecule has 0 bridgehead atoms. The van der Waals surface area contributed by atoms with E-state index in [4.69, 9.17) is 42.1 Å². The molecule has 0 aliphatic carbocycles. The van der Waals surface area contributed by atoms with E-state index in [1.807, 2.05) is 58.3 Å². The van der Waals surface area contributed by atoms with Gasteiger partial charge in [0.1, 0.15) is 10.0 Å². The van der Waals surface area contributed by atoms with Crippen LogP contribution in [0.4, 0.5) is 11.4 Å². The number of H-pyrrole nitrogens is 2. The maximum absolute atomic E-state index is 12.8. The number of nitrogens with one attached hydrogen (secondary N) is 4. The Bertz CT molecular complexity index is 2590. The fourth-order valence-electron chi connectivity index (χ4n) is 7.75. The number of ether oxygens (including phenoxy) is 4. The van der Waals surface area contributed by atoms with Gasteiger partial charge in [0.05, 0.1) is 38.0 Å². The number of aromatic amines is 2. The Morgan fingerprint density at radius 2 is 0.904 bits per heavy atom. The highest BCUT2D eigenvalue weighted by atomic mass is 35.5. The SMILES string of the molecule is COc1ccc(CNc2cn[nH]c(=O)c2Cl)cc1OCC(=O)N1CCN(Cc2ccccc2)CC1.COc1ccc(CNc2cn[nH]c(=O)c2Cl)cc1OCC(=O)N1CCN(Cc2ccccc2)CC1.Cl.Cl.Cl. The summed E-state index contributed by atoms with van der Waals surface area (Å²) in [6.07, 6.45) is 2.89. The second-order valence-corrected chi connectivity index (χ2v) is 17.1. The van der Waals surface area contributed by atoms with E-state index in [2.05, 4.69) is 65.1 Å². The lowest BCUT2D eigenvalue weighted by atomic mass is 10.2. The van der Waals surface area contributed by atoms with Gasteiger partial charge >= 0.3 is 0 Å². The fourth-order valence-corrected chi connectivity index (χ4v) is 8.07. The van der Waals surface area contributed by atoms with Gasteiger partial charge in [-0.3, -0.25) is 29.0 Å². The molecule has 2 aliphatic heterocycles. The normalized spacial score (nSPS) is 13.4. The molecule has 2 fully saturated rings. The van der Waals surface area contributed by atoms with Crippen molar-refractivity contribution in [1.29, 1.82) is 0 Å². The molecule has 2 aliphatic rings. The van der Waals surface area contributed by atoms with E-state index in [0.29, 0.717) is 73.6 Å². The summed E-state index contributed by atoms with van der Waals surface area (Å²) < 4.78 is 22.5. The number of benzene rings is 4. The summed E-state index contributed by atoms with van der Waals surface area (Å²) in [5.41, 5.74) is 4.19. The van der Waals surface area contributed by atoms with Crippen LogP contribution in [0.2, 0.25) is 10.0 Å². The predicted octanol–water partition coefficient (Wildman–Crippen LogP) is 6.80. The molecule has 8 rings (SSSR count). The number of carbonyl (C=O) groups is 2. The van der Waals surface area contributed by atoms with Crippen molar-refractivity contribution in [3.05, 3.63) is 162 Å². The van der Waals surface area contributed by atoms with E-state index in [1.165, 1.54) is 23.5 Å². The van der Waals surface area contributed by atoms with E-state index < -0.39 is 11.1 Å². The van der Waals surface area contributed by atoms with Crippen LogP contribution in [0.25, 0.3) is 0 Å². The van der Waals surface area contributed by atoms with Gasteiger partial charge in [0.2, 0.25) is 0 Å². The molecule has 4 aromatic carbocycles. The minimum Gasteiger partial charge on any atom is -0.493 e. The number of nitrogens with zero attached hydrogens (tertiary/aromatic N) is 6. The topological polar surface area (TPSA) is 200 Å². The van der Waals surface area contributed by atoms with Crippen LogP contribution in [0.1, 0.15) is 22.3 Å². The Balaban J connectivity index is 0.000000304. The van der Waals surface area contributed by atoms with Gasteiger partial charge in [0, 0.05) is 78.5 Å². The lowest BCUT2D eigenvalue weighted by Crippen LogP contribution is -2.49. The minimum absolute atomic E-state index is 0. The molecule has 0 atom stereocenters. The monoisotopic (exact) mass is 1100 g/mol. The molecule has 0 unspecified atom stereocenters. The van der Waals surface area contributed by atoms with Gasteiger partial charge in [-0.1, -0.05) is 96.0 Å². The van der Waals surface area contributed by atoms with Gasteiger partial charge in [0.15, 0.2) is 36.2 Å². The summed E-state index contributed by atoms with van der Waals surface area (Å²) in [5.74, 6) is 1.89. The molecular weight excluding hydrogens is 1050 g/mol. The van der Waals surface area contributed by atoms with Crippen LogP contribution in [-0.4, -0.2) is 132 Å². The summed E-state index contributed by atoms with van der Waals surface area (Å²) in [6, 6.07) is 31.5. The first-order chi connectivity index (χ1) is 34.1. The number of hydrogen-bond donors (Lipinski definition) is 4. The molecule has 0 saturated carbocycles. The van der Waals surface area contributed by atoms with Crippen molar-refractivity contribution in [3.8, 4) is 23.0 Å². The number of rotatable bonds is 18. The summed E-state index contributed by atoms with van der Waals surface area (Å²) in [7, 11) is 3.10. The highest BCUT2D eigenvalue weighted by molar-refractivity contribution is 6.33. The van der Waals surface area contributed by atoms with Crippen molar-refractivity contribution in [1.82, 2.24) is 40.0 Å². The number of anilines is 2. The van der Waals surface area contributed by atoms with Crippen LogP contribution in [-0.2, 0) is 35.8 Å². The van der Waals surface area contributed by atoms with E-state index in [9.17, 15) is 19.2 Å². The average Bonchev–Trinajstić information content (AvgIpc) is 3.39. The fraction of sp³-hybridized carbons (Fsp3) is 0.320. The molecule has 18 nitrogen and oxygen atoms in total. The van der Waals surface area contributed by atoms with Crippen molar-refractivity contribution in [3.63, 3.8) is 0 Å². The third kappa shape index (κ3) is 17.4. The van der Waals surface area contributed by atoms with Crippen LogP contribution in [0.15, 0.2) is 119 Å². The van der Waals surface area contributed by atoms with Crippen LogP contribution in [0.3, 0.4) is 0 Å². The van der Waals surface area contributed by atoms with Crippen molar-refractivity contribution < 1.29 is 28.5 Å². The molecule has 0 radical (unpaired) electrons. The summed E-state index contributed by atoms with van der Waals surface area (Å²) in [6.45, 7) is 8.35. The van der Waals surface area contributed by atoms with Crippen LogP contribution in [0.5, 0.6) is 23.0 Å². The van der Waals surface area contributed by atoms with Gasteiger partial charge in [-0.05, 0) is 46.5 Å². The van der Waals surface area contributed by atoms with Crippen LogP contribution in [0, 0.1) is 0 Å². The zero-order valence-electron chi connectivity index (χ0n) is 40.2. The number of carbonyl (C=O) groups excluding carboxylic acids is 2. The summed E-state index contributed by atoms with van der Waals surface area (Å²) in [4.78, 5) is 57.1. The lowest BCUT2D eigenvalue weighted by molar-refractivity contribution is -0.135. The zero-order valence-corrected chi connectivity index (χ0v) is 44.2. The smallest absolute Gasteiger partial charge is 0.285 e. The first-order valence-electron chi connectivity index (χ1n) is 22.7. The second-order valence-electron chi connectivity index (χ2n) is 16.4. The van der Waals surface area contributed by atoms with E-state index in [0.717, 1.165) is 50.4 Å². The van der Waals surface area contributed by atoms with Crippen molar-refractivity contribution in [2.75, 3.05) is 90.4 Å². The molecule has 2 saturated heterocycles. The lowest BCUT2D eigenvalue weighted by Gasteiger charge is -2.34.